The molecule has 0 saturated heterocycles. The van der Waals surface area contributed by atoms with Crippen molar-refractivity contribution in [2.75, 3.05) is 12.4 Å². The van der Waals surface area contributed by atoms with Crippen LogP contribution in [-0.4, -0.2) is 16.5 Å². The van der Waals surface area contributed by atoms with E-state index in [1.165, 1.54) is 11.1 Å². The van der Waals surface area contributed by atoms with Crippen molar-refractivity contribution in [3.63, 3.8) is 0 Å². The third-order valence-electron chi connectivity index (χ3n) is 4.45. The lowest BCUT2D eigenvalue weighted by atomic mass is 10.1. The number of nitrogens with zero attached hydrogens (tertiary/aromatic N) is 2. The van der Waals surface area contributed by atoms with Gasteiger partial charge in [0.15, 0.2) is 0 Å². The van der Waals surface area contributed by atoms with Crippen molar-refractivity contribution in [1.82, 2.24) is 9.38 Å². The maximum Gasteiger partial charge on any atom is 0.139 e. The molecule has 4 rings (SSSR count). The van der Waals surface area contributed by atoms with Gasteiger partial charge in [0, 0.05) is 18.3 Å². The van der Waals surface area contributed by atoms with E-state index in [1.54, 1.807) is 7.11 Å². The molecule has 2 aromatic heterocycles. The monoisotopic (exact) mass is 343 g/mol. The summed E-state index contributed by atoms with van der Waals surface area (Å²) in [5, 5.41) is 3.57. The van der Waals surface area contributed by atoms with Crippen molar-refractivity contribution in [3.05, 3.63) is 84.1 Å². The van der Waals surface area contributed by atoms with E-state index in [4.69, 9.17) is 9.72 Å². The molecule has 0 atom stereocenters. The number of fused-ring (bicyclic) bond motifs is 1. The van der Waals surface area contributed by atoms with Crippen LogP contribution >= 0.6 is 0 Å². The Kier molecular flexibility index (Phi) is 4.32. The highest BCUT2D eigenvalue weighted by atomic mass is 16.5. The lowest BCUT2D eigenvalue weighted by Gasteiger charge is -2.09. The molecular formula is C22H21N3O. The summed E-state index contributed by atoms with van der Waals surface area (Å²) in [6.45, 7) is 2.82. The van der Waals surface area contributed by atoms with E-state index >= 15 is 0 Å². The Hall–Kier alpha value is -3.27. The fourth-order valence-corrected chi connectivity index (χ4v) is 3.05. The second-order valence-corrected chi connectivity index (χ2v) is 6.31. The van der Waals surface area contributed by atoms with Gasteiger partial charge >= 0.3 is 0 Å². The molecule has 0 fully saturated rings. The van der Waals surface area contributed by atoms with Gasteiger partial charge in [-0.1, -0.05) is 30.3 Å². The first kappa shape index (κ1) is 16.2. The third-order valence-corrected chi connectivity index (χ3v) is 4.45. The Labute approximate surface area is 153 Å². The Morgan fingerprint density at radius 3 is 2.50 bits per heavy atom. The lowest BCUT2D eigenvalue weighted by molar-refractivity contribution is 0.415. The van der Waals surface area contributed by atoms with E-state index in [2.05, 4.69) is 59.2 Å². The van der Waals surface area contributed by atoms with Crippen LogP contribution in [0.3, 0.4) is 0 Å². The molecule has 4 nitrogen and oxygen atoms in total. The van der Waals surface area contributed by atoms with Crippen LogP contribution in [0.2, 0.25) is 0 Å². The van der Waals surface area contributed by atoms with Crippen LogP contribution in [0.1, 0.15) is 11.1 Å². The van der Waals surface area contributed by atoms with Gasteiger partial charge in [0.25, 0.3) is 0 Å². The number of benzene rings is 2. The van der Waals surface area contributed by atoms with Gasteiger partial charge in [0.1, 0.15) is 22.9 Å². The van der Waals surface area contributed by atoms with Gasteiger partial charge in [0.05, 0.1) is 7.11 Å². The molecule has 0 saturated carbocycles. The minimum absolute atomic E-state index is 0.742. The Bertz CT molecular complexity index is 1020. The molecule has 2 aromatic carbocycles. The summed E-state index contributed by atoms with van der Waals surface area (Å²) >= 11 is 0. The van der Waals surface area contributed by atoms with Crippen LogP contribution in [0.4, 0.5) is 5.82 Å². The van der Waals surface area contributed by atoms with Gasteiger partial charge < -0.3 is 10.1 Å². The highest BCUT2D eigenvalue weighted by Crippen LogP contribution is 2.30. The second kappa shape index (κ2) is 6.92. The number of aryl methyl sites for hydroxylation is 1. The summed E-state index contributed by atoms with van der Waals surface area (Å²) < 4.78 is 7.38. The molecule has 130 valence electrons. The number of methoxy groups -OCH3 is 1. The van der Waals surface area contributed by atoms with Crippen LogP contribution in [0.5, 0.6) is 5.75 Å². The van der Waals surface area contributed by atoms with E-state index < -0.39 is 0 Å². The van der Waals surface area contributed by atoms with Gasteiger partial charge in [0.2, 0.25) is 0 Å². The quantitative estimate of drug-likeness (QED) is 0.558. The zero-order valence-electron chi connectivity index (χ0n) is 14.9. The smallest absolute Gasteiger partial charge is 0.139 e. The fourth-order valence-electron chi connectivity index (χ4n) is 3.05. The SMILES string of the molecule is COc1ccc(-c2nc3cc(C)ccn3c2NCc2ccccc2)cc1. The second-order valence-electron chi connectivity index (χ2n) is 6.31. The third kappa shape index (κ3) is 3.14. The van der Waals surface area contributed by atoms with Crippen LogP contribution in [-0.2, 0) is 6.54 Å². The number of ether oxygens (including phenoxy) is 1. The Morgan fingerprint density at radius 2 is 1.77 bits per heavy atom. The van der Waals surface area contributed by atoms with Crippen LogP contribution in [0.15, 0.2) is 72.9 Å². The first-order valence-corrected chi connectivity index (χ1v) is 8.65. The van der Waals surface area contributed by atoms with Crippen molar-refractivity contribution >= 4 is 11.5 Å². The number of aromatic nitrogens is 2. The minimum Gasteiger partial charge on any atom is -0.497 e. The minimum atomic E-state index is 0.742. The van der Waals surface area contributed by atoms with E-state index in [0.717, 1.165) is 35.0 Å². The zero-order chi connectivity index (χ0) is 17.9. The maximum atomic E-state index is 5.27. The number of imidazole rings is 1. The summed E-state index contributed by atoms with van der Waals surface area (Å²) in [6.07, 6.45) is 2.07. The fraction of sp³-hybridized carbons (Fsp3) is 0.136. The van der Waals surface area contributed by atoms with Gasteiger partial charge in [-0.3, -0.25) is 4.40 Å². The number of pyridine rings is 1. The molecule has 0 aliphatic carbocycles. The number of hydrogen-bond donors (Lipinski definition) is 1. The molecule has 0 spiro atoms. The predicted molar refractivity (Wildman–Crippen MR) is 106 cm³/mol. The maximum absolute atomic E-state index is 5.27. The molecular weight excluding hydrogens is 322 g/mol. The van der Waals surface area contributed by atoms with Crippen molar-refractivity contribution in [1.29, 1.82) is 0 Å². The van der Waals surface area contributed by atoms with Gasteiger partial charge in [-0.05, 0) is 54.4 Å². The van der Waals surface area contributed by atoms with Crippen molar-refractivity contribution in [2.24, 2.45) is 0 Å². The summed E-state index contributed by atoms with van der Waals surface area (Å²) in [4.78, 5) is 4.87. The molecule has 2 heterocycles. The summed E-state index contributed by atoms with van der Waals surface area (Å²) in [6, 6.07) is 22.6. The zero-order valence-corrected chi connectivity index (χ0v) is 14.9. The standard InChI is InChI=1S/C22H21N3O/c1-16-12-13-25-20(14-16)24-21(18-8-10-19(26-2)11-9-18)22(25)23-15-17-6-4-3-5-7-17/h3-14,23H,15H2,1-2H3. The first-order chi connectivity index (χ1) is 12.7. The van der Waals surface area contributed by atoms with E-state index in [0.29, 0.717) is 0 Å². The molecule has 0 amide bonds. The average Bonchev–Trinajstić information content (AvgIpc) is 3.04. The predicted octanol–water partition coefficient (Wildman–Crippen LogP) is 4.93. The largest absolute Gasteiger partial charge is 0.497 e. The van der Waals surface area contributed by atoms with Gasteiger partial charge in [-0.25, -0.2) is 4.98 Å². The summed E-state index contributed by atoms with van der Waals surface area (Å²) in [5.41, 5.74) is 5.36. The molecule has 0 bridgehead atoms. The molecule has 1 N–H and O–H groups in total. The normalized spacial score (nSPS) is 10.8. The molecule has 4 aromatic rings. The lowest BCUT2D eigenvalue weighted by Crippen LogP contribution is -2.03. The molecule has 0 radical (unpaired) electrons. The van der Waals surface area contributed by atoms with E-state index in [9.17, 15) is 0 Å². The number of hydrogen-bond acceptors (Lipinski definition) is 3. The number of rotatable bonds is 5. The van der Waals surface area contributed by atoms with Crippen LogP contribution < -0.4 is 10.1 Å². The highest BCUT2D eigenvalue weighted by Gasteiger charge is 2.14. The molecule has 4 heteroatoms. The van der Waals surface area contributed by atoms with E-state index in [-0.39, 0.29) is 0 Å². The van der Waals surface area contributed by atoms with Gasteiger partial charge in [-0.15, -0.1) is 0 Å². The topological polar surface area (TPSA) is 38.6 Å². The molecule has 0 aliphatic rings. The highest BCUT2D eigenvalue weighted by molar-refractivity contribution is 5.77. The Morgan fingerprint density at radius 1 is 1.00 bits per heavy atom. The molecule has 0 unspecified atom stereocenters. The van der Waals surface area contributed by atoms with Crippen molar-refractivity contribution in [3.8, 4) is 17.0 Å². The van der Waals surface area contributed by atoms with Crippen molar-refractivity contribution < 1.29 is 4.74 Å². The molecule has 0 aliphatic heterocycles. The van der Waals surface area contributed by atoms with E-state index in [1.807, 2.05) is 30.3 Å². The summed E-state index contributed by atoms with van der Waals surface area (Å²) in [7, 11) is 1.68. The van der Waals surface area contributed by atoms with Crippen LogP contribution in [0, 0.1) is 6.92 Å². The summed E-state index contributed by atoms with van der Waals surface area (Å²) in [5.74, 6) is 1.83. The number of nitrogens with one attached hydrogen (secondary N) is 1. The van der Waals surface area contributed by atoms with Crippen LogP contribution in [0.25, 0.3) is 16.9 Å². The van der Waals surface area contributed by atoms with Crippen molar-refractivity contribution in [2.45, 2.75) is 13.5 Å². The Balaban J connectivity index is 1.77. The number of anilines is 1. The van der Waals surface area contributed by atoms with Gasteiger partial charge in [-0.2, -0.15) is 0 Å². The first-order valence-electron chi connectivity index (χ1n) is 8.65. The molecule has 26 heavy (non-hydrogen) atoms. The average molecular weight is 343 g/mol.